The maximum atomic E-state index is 13.1. The zero-order valence-corrected chi connectivity index (χ0v) is 16.6. The molecule has 5 nitrogen and oxygen atoms in total. The summed E-state index contributed by atoms with van der Waals surface area (Å²) in [6, 6.07) is 6.28. The Morgan fingerprint density at radius 2 is 1.96 bits per heavy atom. The SMILES string of the molecule is CCn1cnc2sc(C(=O)NCC(C)(C)c3ccc(F)cc3)c(C)c2c1=O. The highest BCUT2D eigenvalue weighted by molar-refractivity contribution is 7.20. The van der Waals surface area contributed by atoms with Gasteiger partial charge in [-0.1, -0.05) is 26.0 Å². The molecular weight excluding hydrogens is 365 g/mol. The number of thiophene rings is 1. The summed E-state index contributed by atoms with van der Waals surface area (Å²) in [5, 5.41) is 3.45. The molecule has 0 atom stereocenters. The molecule has 7 heteroatoms. The van der Waals surface area contributed by atoms with Crippen molar-refractivity contribution in [1.29, 1.82) is 0 Å². The van der Waals surface area contributed by atoms with Crippen molar-refractivity contribution in [2.45, 2.75) is 39.7 Å². The molecule has 0 aliphatic heterocycles. The highest BCUT2D eigenvalue weighted by Crippen LogP contribution is 2.27. The minimum atomic E-state index is -0.360. The zero-order chi connectivity index (χ0) is 19.8. The van der Waals surface area contributed by atoms with Gasteiger partial charge in [0.2, 0.25) is 0 Å². The van der Waals surface area contributed by atoms with Crippen LogP contribution in [0.5, 0.6) is 0 Å². The normalized spacial score (nSPS) is 11.7. The molecule has 0 unspecified atom stereocenters. The molecule has 3 rings (SSSR count). The molecule has 0 saturated carbocycles. The Balaban J connectivity index is 1.84. The third-order valence-corrected chi connectivity index (χ3v) is 5.98. The second-order valence-electron chi connectivity index (χ2n) is 7.15. The number of benzene rings is 1. The summed E-state index contributed by atoms with van der Waals surface area (Å²) in [6.45, 7) is 8.55. The number of fused-ring (bicyclic) bond motifs is 1. The van der Waals surface area contributed by atoms with Crippen LogP contribution in [-0.4, -0.2) is 22.0 Å². The van der Waals surface area contributed by atoms with Gasteiger partial charge in [-0.05, 0) is 37.1 Å². The van der Waals surface area contributed by atoms with Crippen LogP contribution >= 0.6 is 11.3 Å². The Bertz CT molecular complexity index is 1050. The molecule has 1 amide bonds. The molecule has 0 radical (unpaired) electrons. The molecular formula is C20H22FN3O2S. The first-order chi connectivity index (χ1) is 12.7. The molecule has 2 heterocycles. The lowest BCUT2D eigenvalue weighted by atomic mass is 9.84. The van der Waals surface area contributed by atoms with Crippen LogP contribution in [0, 0.1) is 12.7 Å². The number of aromatic nitrogens is 2. The quantitative estimate of drug-likeness (QED) is 0.727. The van der Waals surface area contributed by atoms with Crippen molar-refractivity contribution in [3.05, 3.63) is 62.8 Å². The summed E-state index contributed by atoms with van der Waals surface area (Å²) in [4.78, 5) is 30.6. The van der Waals surface area contributed by atoms with Crippen LogP contribution in [0.2, 0.25) is 0 Å². The number of amides is 1. The molecule has 27 heavy (non-hydrogen) atoms. The number of carbonyl (C=O) groups excluding carboxylic acids is 1. The van der Waals surface area contributed by atoms with Crippen LogP contribution < -0.4 is 10.9 Å². The monoisotopic (exact) mass is 387 g/mol. The van der Waals surface area contributed by atoms with E-state index >= 15 is 0 Å². The van der Waals surface area contributed by atoms with Gasteiger partial charge < -0.3 is 5.32 Å². The number of carbonyl (C=O) groups is 1. The fourth-order valence-electron chi connectivity index (χ4n) is 2.99. The van der Waals surface area contributed by atoms with Gasteiger partial charge >= 0.3 is 0 Å². The number of hydrogen-bond acceptors (Lipinski definition) is 4. The summed E-state index contributed by atoms with van der Waals surface area (Å²) >= 11 is 1.23. The molecule has 1 aromatic carbocycles. The predicted octanol–water partition coefficient (Wildman–Crippen LogP) is 3.63. The lowest BCUT2D eigenvalue weighted by Gasteiger charge is -2.25. The first-order valence-electron chi connectivity index (χ1n) is 8.77. The first-order valence-corrected chi connectivity index (χ1v) is 9.59. The van der Waals surface area contributed by atoms with Gasteiger partial charge in [-0.25, -0.2) is 9.37 Å². The molecule has 3 aromatic rings. The standard InChI is InChI=1S/C20H22FN3O2S/c1-5-24-11-23-18-15(19(24)26)12(2)16(27-18)17(25)22-10-20(3,4)13-6-8-14(21)9-7-13/h6-9,11H,5,10H2,1-4H3,(H,22,25). The molecule has 0 saturated heterocycles. The Morgan fingerprint density at radius 3 is 2.59 bits per heavy atom. The molecule has 0 spiro atoms. The Morgan fingerprint density at radius 1 is 1.30 bits per heavy atom. The van der Waals surface area contributed by atoms with Crippen molar-refractivity contribution in [2.24, 2.45) is 0 Å². The first kappa shape index (κ1) is 19.2. The Labute approximate surface area is 160 Å². The minimum Gasteiger partial charge on any atom is -0.350 e. The van der Waals surface area contributed by atoms with E-state index in [4.69, 9.17) is 0 Å². The van der Waals surface area contributed by atoms with Crippen molar-refractivity contribution in [2.75, 3.05) is 6.54 Å². The number of rotatable bonds is 5. The number of hydrogen-bond donors (Lipinski definition) is 1. The van der Waals surface area contributed by atoms with Crippen LogP contribution in [0.1, 0.15) is 41.6 Å². The molecule has 2 aromatic heterocycles. The molecule has 0 aliphatic carbocycles. The Kier molecular flexibility index (Phi) is 5.15. The van der Waals surface area contributed by atoms with Crippen LogP contribution in [0.4, 0.5) is 4.39 Å². The average Bonchev–Trinajstić information content (AvgIpc) is 2.98. The van der Waals surface area contributed by atoms with E-state index in [0.717, 1.165) is 5.56 Å². The van der Waals surface area contributed by atoms with Crippen LogP contribution in [0.15, 0.2) is 35.4 Å². The van der Waals surface area contributed by atoms with Gasteiger partial charge in [-0.15, -0.1) is 11.3 Å². The molecule has 0 aliphatic rings. The van der Waals surface area contributed by atoms with Gasteiger partial charge in [0, 0.05) is 18.5 Å². The zero-order valence-electron chi connectivity index (χ0n) is 15.8. The number of nitrogens with zero attached hydrogens (tertiary/aromatic N) is 2. The van der Waals surface area contributed by atoms with Gasteiger partial charge in [0.05, 0.1) is 16.6 Å². The highest BCUT2D eigenvalue weighted by atomic mass is 32.1. The molecule has 0 bridgehead atoms. The third kappa shape index (κ3) is 3.64. The predicted molar refractivity (Wildman–Crippen MR) is 106 cm³/mol. The number of nitrogens with one attached hydrogen (secondary N) is 1. The van der Waals surface area contributed by atoms with Crippen LogP contribution in [0.25, 0.3) is 10.2 Å². The average molecular weight is 387 g/mol. The van der Waals surface area contributed by atoms with E-state index in [1.54, 1.807) is 19.1 Å². The largest absolute Gasteiger partial charge is 0.350 e. The van der Waals surface area contributed by atoms with Gasteiger partial charge in [0.1, 0.15) is 10.6 Å². The topological polar surface area (TPSA) is 64.0 Å². The van der Waals surface area contributed by atoms with Crippen molar-refractivity contribution >= 4 is 27.5 Å². The van der Waals surface area contributed by atoms with Gasteiger partial charge in [-0.3, -0.25) is 14.2 Å². The maximum absolute atomic E-state index is 13.1. The smallest absolute Gasteiger partial charge is 0.262 e. The van der Waals surface area contributed by atoms with Crippen LogP contribution in [0.3, 0.4) is 0 Å². The molecule has 0 fully saturated rings. The summed E-state index contributed by atoms with van der Waals surface area (Å²) in [7, 11) is 0. The van der Waals surface area contributed by atoms with Gasteiger partial charge in [0.25, 0.3) is 11.5 Å². The lowest BCUT2D eigenvalue weighted by molar-refractivity contribution is 0.0949. The van der Waals surface area contributed by atoms with E-state index in [1.807, 2.05) is 20.8 Å². The highest BCUT2D eigenvalue weighted by Gasteiger charge is 2.24. The van der Waals surface area contributed by atoms with E-state index in [-0.39, 0.29) is 22.7 Å². The molecule has 142 valence electrons. The fourth-order valence-corrected chi connectivity index (χ4v) is 4.04. The van der Waals surface area contributed by atoms with E-state index < -0.39 is 0 Å². The van der Waals surface area contributed by atoms with Crippen LogP contribution in [-0.2, 0) is 12.0 Å². The van der Waals surface area contributed by atoms with Gasteiger partial charge in [-0.2, -0.15) is 0 Å². The van der Waals surface area contributed by atoms with Crippen molar-refractivity contribution in [3.8, 4) is 0 Å². The van der Waals surface area contributed by atoms with E-state index in [2.05, 4.69) is 10.3 Å². The summed E-state index contributed by atoms with van der Waals surface area (Å²) < 4.78 is 14.7. The lowest BCUT2D eigenvalue weighted by Crippen LogP contribution is -2.36. The van der Waals surface area contributed by atoms with Gasteiger partial charge in [0.15, 0.2) is 0 Å². The number of halogens is 1. The number of aryl methyl sites for hydroxylation is 2. The maximum Gasteiger partial charge on any atom is 0.262 e. The van der Waals surface area contributed by atoms with E-state index in [9.17, 15) is 14.0 Å². The second kappa shape index (κ2) is 7.23. The van der Waals surface area contributed by atoms with E-state index in [1.165, 1.54) is 34.4 Å². The van der Waals surface area contributed by atoms with E-state index in [0.29, 0.717) is 33.7 Å². The summed E-state index contributed by atoms with van der Waals surface area (Å²) in [6.07, 6.45) is 1.51. The summed E-state index contributed by atoms with van der Waals surface area (Å²) in [5.41, 5.74) is 1.11. The Hall–Kier alpha value is -2.54. The van der Waals surface area contributed by atoms with Crippen molar-refractivity contribution < 1.29 is 9.18 Å². The summed E-state index contributed by atoms with van der Waals surface area (Å²) in [5.74, 6) is -0.516. The second-order valence-corrected chi connectivity index (χ2v) is 8.14. The fraction of sp³-hybridized carbons (Fsp3) is 0.350. The molecule has 1 N–H and O–H groups in total. The van der Waals surface area contributed by atoms with Crippen molar-refractivity contribution in [3.63, 3.8) is 0 Å². The van der Waals surface area contributed by atoms with Crippen molar-refractivity contribution in [1.82, 2.24) is 14.9 Å². The third-order valence-electron chi connectivity index (χ3n) is 4.78. The minimum absolute atomic E-state index is 0.123.